The summed E-state index contributed by atoms with van der Waals surface area (Å²) < 4.78 is 21.9. The van der Waals surface area contributed by atoms with Crippen LogP contribution in [0.15, 0.2) is 18.3 Å². The molecule has 0 bridgehead atoms. The molecule has 3 nitrogen and oxygen atoms in total. The standard InChI is InChI=1S/C17H25FN2O.ClH/c1-5-10-20-12-13(9-11-19(3)4)16-15(20)8-7-14(18)17(16)21-6-2;/h7-8,12H,5-6,9-11H2,1-4H3;1H. The van der Waals surface area contributed by atoms with Gasteiger partial charge in [0.05, 0.1) is 12.1 Å². The van der Waals surface area contributed by atoms with Crippen LogP contribution in [-0.2, 0) is 13.0 Å². The van der Waals surface area contributed by atoms with Gasteiger partial charge in [-0.15, -0.1) is 12.4 Å². The summed E-state index contributed by atoms with van der Waals surface area (Å²) in [4.78, 5) is 2.14. The van der Waals surface area contributed by atoms with Gasteiger partial charge in [0.2, 0.25) is 0 Å². The van der Waals surface area contributed by atoms with Gasteiger partial charge in [0.25, 0.3) is 0 Å². The van der Waals surface area contributed by atoms with Crippen LogP contribution in [0.1, 0.15) is 25.8 Å². The van der Waals surface area contributed by atoms with Gasteiger partial charge in [-0.05, 0) is 51.6 Å². The molecular weight excluding hydrogens is 303 g/mol. The van der Waals surface area contributed by atoms with Crippen LogP contribution in [0.5, 0.6) is 5.75 Å². The number of hydrogen-bond donors (Lipinski definition) is 0. The highest BCUT2D eigenvalue weighted by Gasteiger charge is 2.17. The molecule has 1 aromatic carbocycles. The van der Waals surface area contributed by atoms with Gasteiger partial charge < -0.3 is 14.2 Å². The number of rotatable bonds is 7. The zero-order valence-corrected chi connectivity index (χ0v) is 14.7. The zero-order valence-electron chi connectivity index (χ0n) is 13.9. The van der Waals surface area contributed by atoms with E-state index >= 15 is 0 Å². The second-order valence-corrected chi connectivity index (χ2v) is 5.60. The van der Waals surface area contributed by atoms with Crippen molar-refractivity contribution in [2.75, 3.05) is 27.2 Å². The van der Waals surface area contributed by atoms with Gasteiger partial charge in [-0.25, -0.2) is 4.39 Å². The Hall–Kier alpha value is -1.26. The summed E-state index contributed by atoms with van der Waals surface area (Å²) in [6.45, 7) is 6.39. The number of nitrogens with zero attached hydrogens (tertiary/aromatic N) is 2. The van der Waals surface area contributed by atoms with Crippen molar-refractivity contribution in [3.63, 3.8) is 0 Å². The highest BCUT2D eigenvalue weighted by Crippen LogP contribution is 2.34. The van der Waals surface area contributed by atoms with Gasteiger partial charge in [0.1, 0.15) is 0 Å². The molecule has 0 aliphatic rings. The molecule has 1 heterocycles. The molecule has 0 spiro atoms. The van der Waals surface area contributed by atoms with E-state index in [1.54, 1.807) is 0 Å². The molecule has 1 aromatic heterocycles. The summed E-state index contributed by atoms with van der Waals surface area (Å²) in [7, 11) is 4.10. The topological polar surface area (TPSA) is 17.4 Å². The molecule has 22 heavy (non-hydrogen) atoms. The fraction of sp³-hybridized carbons (Fsp3) is 0.529. The molecule has 0 aliphatic carbocycles. The molecule has 0 unspecified atom stereocenters. The molecule has 0 atom stereocenters. The summed E-state index contributed by atoms with van der Waals surface area (Å²) in [5, 5.41) is 0.937. The summed E-state index contributed by atoms with van der Waals surface area (Å²) in [5.41, 5.74) is 2.23. The second-order valence-electron chi connectivity index (χ2n) is 5.60. The third-order valence-electron chi connectivity index (χ3n) is 3.61. The van der Waals surface area contributed by atoms with Crippen LogP contribution >= 0.6 is 12.4 Å². The molecular formula is C17H26ClFN2O. The Labute approximate surface area is 138 Å². The van der Waals surface area contributed by atoms with E-state index in [2.05, 4.69) is 36.7 Å². The molecule has 0 saturated carbocycles. The first-order chi connectivity index (χ1) is 10.1. The number of aromatic nitrogens is 1. The van der Waals surface area contributed by atoms with Crippen molar-refractivity contribution in [3.8, 4) is 5.75 Å². The van der Waals surface area contributed by atoms with Crippen molar-refractivity contribution in [2.45, 2.75) is 33.2 Å². The first-order valence-electron chi connectivity index (χ1n) is 7.66. The average Bonchev–Trinajstić information content (AvgIpc) is 2.78. The smallest absolute Gasteiger partial charge is 0.165 e. The van der Waals surface area contributed by atoms with Gasteiger partial charge in [0.15, 0.2) is 11.6 Å². The third kappa shape index (κ3) is 3.93. The Morgan fingerprint density at radius 3 is 2.55 bits per heavy atom. The van der Waals surface area contributed by atoms with Crippen LogP contribution in [0.25, 0.3) is 10.9 Å². The van der Waals surface area contributed by atoms with E-state index in [0.717, 1.165) is 42.4 Å². The highest BCUT2D eigenvalue weighted by atomic mass is 35.5. The number of fused-ring (bicyclic) bond motifs is 1. The molecule has 0 radical (unpaired) electrons. The molecule has 0 amide bonds. The van der Waals surface area contributed by atoms with Gasteiger partial charge in [0, 0.05) is 24.7 Å². The lowest BCUT2D eigenvalue weighted by Gasteiger charge is -2.11. The summed E-state index contributed by atoms with van der Waals surface area (Å²) in [6.07, 6.45) is 4.10. The molecule has 2 aromatic rings. The lowest BCUT2D eigenvalue weighted by Crippen LogP contribution is -2.15. The lowest BCUT2D eigenvalue weighted by atomic mass is 10.1. The quantitative estimate of drug-likeness (QED) is 0.761. The fourth-order valence-electron chi connectivity index (χ4n) is 2.66. The normalized spacial score (nSPS) is 11.0. The molecule has 0 N–H and O–H groups in total. The first-order valence-corrected chi connectivity index (χ1v) is 7.66. The van der Waals surface area contributed by atoms with Crippen LogP contribution in [0.2, 0.25) is 0 Å². The van der Waals surface area contributed by atoms with Crippen LogP contribution in [0.3, 0.4) is 0 Å². The Morgan fingerprint density at radius 2 is 1.95 bits per heavy atom. The Kier molecular flexibility index (Phi) is 7.17. The van der Waals surface area contributed by atoms with Crippen LogP contribution < -0.4 is 4.74 Å². The second kappa shape index (κ2) is 8.39. The largest absolute Gasteiger partial charge is 0.490 e. The van der Waals surface area contributed by atoms with E-state index in [0.29, 0.717) is 12.4 Å². The zero-order chi connectivity index (χ0) is 15.4. The van der Waals surface area contributed by atoms with Crippen LogP contribution in [-0.4, -0.2) is 36.7 Å². The number of benzene rings is 1. The number of likely N-dealkylation sites (N-methyl/N-ethyl adjacent to an activating group) is 1. The van der Waals surface area contributed by atoms with E-state index in [1.165, 1.54) is 6.07 Å². The van der Waals surface area contributed by atoms with Gasteiger partial charge in [-0.3, -0.25) is 0 Å². The average molecular weight is 329 g/mol. The van der Waals surface area contributed by atoms with Crippen LogP contribution in [0, 0.1) is 5.82 Å². The SMILES string of the molecule is CCCn1cc(CCN(C)C)c2c(OCC)c(F)ccc21.Cl. The number of hydrogen-bond acceptors (Lipinski definition) is 2. The molecule has 2 rings (SSSR count). The van der Waals surface area contributed by atoms with E-state index in [-0.39, 0.29) is 18.2 Å². The van der Waals surface area contributed by atoms with Crippen molar-refractivity contribution in [2.24, 2.45) is 0 Å². The Balaban J connectivity index is 0.00000242. The van der Waals surface area contributed by atoms with Crippen molar-refractivity contribution >= 4 is 23.3 Å². The summed E-state index contributed by atoms with van der Waals surface area (Å²) >= 11 is 0. The summed E-state index contributed by atoms with van der Waals surface area (Å²) in [5.74, 6) is 0.128. The van der Waals surface area contributed by atoms with Crippen molar-refractivity contribution < 1.29 is 9.13 Å². The van der Waals surface area contributed by atoms with E-state index in [9.17, 15) is 4.39 Å². The number of halogens is 2. The maximum absolute atomic E-state index is 14.1. The third-order valence-corrected chi connectivity index (χ3v) is 3.61. The van der Waals surface area contributed by atoms with Crippen molar-refractivity contribution in [1.82, 2.24) is 9.47 Å². The molecule has 0 fully saturated rings. The Morgan fingerprint density at radius 1 is 1.23 bits per heavy atom. The molecule has 124 valence electrons. The monoisotopic (exact) mass is 328 g/mol. The predicted molar refractivity (Wildman–Crippen MR) is 92.9 cm³/mol. The molecule has 0 aliphatic heterocycles. The Bertz CT molecular complexity index is 610. The van der Waals surface area contributed by atoms with E-state index < -0.39 is 0 Å². The van der Waals surface area contributed by atoms with E-state index in [4.69, 9.17) is 4.74 Å². The minimum atomic E-state index is -0.273. The highest BCUT2D eigenvalue weighted by molar-refractivity contribution is 5.90. The van der Waals surface area contributed by atoms with Gasteiger partial charge >= 0.3 is 0 Å². The molecule has 5 heteroatoms. The first kappa shape index (κ1) is 18.8. The minimum absolute atomic E-state index is 0. The number of aryl methyl sites for hydroxylation is 1. The summed E-state index contributed by atoms with van der Waals surface area (Å²) in [6, 6.07) is 3.37. The number of ether oxygens (including phenoxy) is 1. The predicted octanol–water partition coefficient (Wildman–Crippen LogP) is 4.12. The van der Waals surface area contributed by atoms with Crippen molar-refractivity contribution in [1.29, 1.82) is 0 Å². The van der Waals surface area contributed by atoms with E-state index in [1.807, 2.05) is 13.0 Å². The van der Waals surface area contributed by atoms with Crippen LogP contribution in [0.4, 0.5) is 4.39 Å². The van der Waals surface area contributed by atoms with Gasteiger partial charge in [-0.1, -0.05) is 6.92 Å². The fourth-order valence-corrected chi connectivity index (χ4v) is 2.66. The lowest BCUT2D eigenvalue weighted by molar-refractivity contribution is 0.325. The van der Waals surface area contributed by atoms with Gasteiger partial charge in [-0.2, -0.15) is 0 Å². The maximum atomic E-state index is 14.1. The molecule has 0 saturated heterocycles. The minimum Gasteiger partial charge on any atom is -0.490 e. The maximum Gasteiger partial charge on any atom is 0.165 e. The van der Waals surface area contributed by atoms with Crippen molar-refractivity contribution in [3.05, 3.63) is 29.7 Å².